The molecule has 0 spiro atoms. The third kappa shape index (κ3) is 4.03. The second-order valence-corrected chi connectivity index (χ2v) is 6.56. The zero-order valence-corrected chi connectivity index (χ0v) is 12.5. The van der Waals surface area contributed by atoms with E-state index < -0.39 is 20.7 Å². The van der Waals surface area contributed by atoms with Crippen molar-refractivity contribution in [2.75, 3.05) is 12.3 Å². The summed E-state index contributed by atoms with van der Waals surface area (Å²) in [7, 11) is -3.90. The van der Waals surface area contributed by atoms with Gasteiger partial charge in [0.1, 0.15) is 10.7 Å². The summed E-state index contributed by atoms with van der Waals surface area (Å²) in [5, 5.41) is 0. The fourth-order valence-electron chi connectivity index (χ4n) is 2.00. The summed E-state index contributed by atoms with van der Waals surface area (Å²) < 4.78 is 40.1. The molecular formula is C15H17FN2O2S. The number of aryl methyl sites for hydroxylation is 1. The van der Waals surface area contributed by atoms with Crippen molar-refractivity contribution in [1.82, 2.24) is 4.72 Å². The Morgan fingerprint density at radius 3 is 2.67 bits per heavy atom. The highest BCUT2D eigenvalue weighted by molar-refractivity contribution is 7.89. The fourth-order valence-corrected chi connectivity index (χ4v) is 3.14. The molecule has 0 saturated heterocycles. The first kappa shape index (κ1) is 15.5. The van der Waals surface area contributed by atoms with Crippen LogP contribution in [0.25, 0.3) is 0 Å². The summed E-state index contributed by atoms with van der Waals surface area (Å²) in [4.78, 5) is -0.424. The molecule has 3 N–H and O–H groups in total. The molecule has 0 atom stereocenters. The smallest absolute Gasteiger partial charge is 0.243 e. The Kier molecular flexibility index (Phi) is 4.59. The maximum Gasteiger partial charge on any atom is 0.243 e. The van der Waals surface area contributed by atoms with Crippen molar-refractivity contribution in [3.05, 3.63) is 59.4 Å². The first-order chi connectivity index (χ1) is 9.88. The molecule has 0 fully saturated rings. The van der Waals surface area contributed by atoms with Crippen LogP contribution in [0.4, 0.5) is 10.1 Å². The van der Waals surface area contributed by atoms with Crippen LogP contribution < -0.4 is 10.5 Å². The lowest BCUT2D eigenvalue weighted by Gasteiger charge is -2.08. The van der Waals surface area contributed by atoms with E-state index in [9.17, 15) is 12.8 Å². The van der Waals surface area contributed by atoms with Gasteiger partial charge in [0.15, 0.2) is 0 Å². The second kappa shape index (κ2) is 6.24. The molecule has 0 radical (unpaired) electrons. The average molecular weight is 308 g/mol. The van der Waals surface area contributed by atoms with Crippen LogP contribution in [-0.2, 0) is 16.4 Å². The first-order valence-corrected chi connectivity index (χ1v) is 7.97. The van der Waals surface area contributed by atoms with Gasteiger partial charge in [-0.3, -0.25) is 0 Å². The van der Waals surface area contributed by atoms with Gasteiger partial charge in [0.05, 0.1) is 0 Å². The molecule has 0 bridgehead atoms. The minimum Gasteiger partial charge on any atom is -0.399 e. The zero-order valence-electron chi connectivity index (χ0n) is 11.6. The van der Waals surface area contributed by atoms with Crippen molar-refractivity contribution in [3.8, 4) is 0 Å². The van der Waals surface area contributed by atoms with Crippen LogP contribution in [0.5, 0.6) is 0 Å². The van der Waals surface area contributed by atoms with Crippen molar-refractivity contribution in [2.45, 2.75) is 18.2 Å². The minimum absolute atomic E-state index is 0.194. The zero-order chi connectivity index (χ0) is 15.5. The first-order valence-electron chi connectivity index (χ1n) is 6.49. The lowest BCUT2D eigenvalue weighted by Crippen LogP contribution is -2.27. The molecule has 0 unspecified atom stereocenters. The standard InChI is InChI=1S/C15H17FN2O2S/c1-11-3-2-4-12(9-11)7-8-18-21(19,20)15-10-13(17)5-6-14(15)16/h2-6,9-10,18H,7-8,17H2,1H3. The third-order valence-corrected chi connectivity index (χ3v) is 4.51. The molecule has 0 saturated carbocycles. The van der Waals surface area contributed by atoms with E-state index >= 15 is 0 Å². The quantitative estimate of drug-likeness (QED) is 0.832. The Morgan fingerprint density at radius 2 is 1.95 bits per heavy atom. The number of anilines is 1. The van der Waals surface area contributed by atoms with Crippen LogP contribution in [0.15, 0.2) is 47.4 Å². The van der Waals surface area contributed by atoms with Crippen LogP contribution in [0, 0.1) is 12.7 Å². The van der Waals surface area contributed by atoms with Crippen molar-refractivity contribution >= 4 is 15.7 Å². The lowest BCUT2D eigenvalue weighted by atomic mass is 10.1. The van der Waals surface area contributed by atoms with E-state index in [1.807, 2.05) is 31.2 Å². The predicted molar refractivity (Wildman–Crippen MR) is 80.9 cm³/mol. The highest BCUT2D eigenvalue weighted by atomic mass is 32.2. The lowest BCUT2D eigenvalue weighted by molar-refractivity contribution is 0.557. The summed E-state index contributed by atoms with van der Waals surface area (Å²) in [6.07, 6.45) is 0.533. The second-order valence-electron chi connectivity index (χ2n) is 4.83. The van der Waals surface area contributed by atoms with Gasteiger partial charge in [0.2, 0.25) is 10.0 Å². The van der Waals surface area contributed by atoms with Gasteiger partial charge in [0, 0.05) is 12.2 Å². The largest absolute Gasteiger partial charge is 0.399 e. The Bertz CT molecular complexity index is 745. The van der Waals surface area contributed by atoms with Gasteiger partial charge in [-0.05, 0) is 37.1 Å². The number of benzene rings is 2. The molecule has 0 aromatic heterocycles. The number of sulfonamides is 1. The number of nitrogens with one attached hydrogen (secondary N) is 1. The van der Waals surface area contributed by atoms with Gasteiger partial charge >= 0.3 is 0 Å². The summed E-state index contributed by atoms with van der Waals surface area (Å²) >= 11 is 0. The Labute approximate surface area is 123 Å². The number of hydrogen-bond acceptors (Lipinski definition) is 3. The molecule has 6 heteroatoms. The predicted octanol–water partition coefficient (Wildman–Crippen LogP) is 2.24. The summed E-state index contributed by atoms with van der Waals surface area (Å²) in [5.41, 5.74) is 7.83. The van der Waals surface area contributed by atoms with Crippen LogP contribution in [0.1, 0.15) is 11.1 Å². The molecule has 2 aromatic rings. The van der Waals surface area contributed by atoms with E-state index in [-0.39, 0.29) is 12.2 Å². The minimum atomic E-state index is -3.90. The van der Waals surface area contributed by atoms with E-state index in [4.69, 9.17) is 5.73 Å². The van der Waals surface area contributed by atoms with Crippen molar-refractivity contribution in [1.29, 1.82) is 0 Å². The molecule has 2 aromatic carbocycles. The van der Waals surface area contributed by atoms with Gasteiger partial charge < -0.3 is 5.73 Å². The molecule has 21 heavy (non-hydrogen) atoms. The average Bonchev–Trinajstić information content (AvgIpc) is 2.41. The van der Waals surface area contributed by atoms with Crippen LogP contribution in [-0.4, -0.2) is 15.0 Å². The molecule has 0 aliphatic heterocycles. The highest BCUT2D eigenvalue weighted by Crippen LogP contribution is 2.17. The van der Waals surface area contributed by atoms with Gasteiger partial charge in [0.25, 0.3) is 0 Å². The van der Waals surface area contributed by atoms with E-state index in [2.05, 4.69) is 4.72 Å². The fraction of sp³-hybridized carbons (Fsp3) is 0.200. The number of nitrogens with two attached hydrogens (primary N) is 1. The molecular weight excluding hydrogens is 291 g/mol. The Balaban J connectivity index is 2.06. The third-order valence-electron chi connectivity index (χ3n) is 3.03. The number of hydrogen-bond donors (Lipinski definition) is 2. The highest BCUT2D eigenvalue weighted by Gasteiger charge is 2.18. The number of rotatable bonds is 5. The molecule has 112 valence electrons. The van der Waals surface area contributed by atoms with E-state index in [0.717, 1.165) is 23.3 Å². The maximum atomic E-state index is 13.6. The van der Waals surface area contributed by atoms with E-state index in [1.54, 1.807) is 0 Å². The van der Waals surface area contributed by atoms with Crippen LogP contribution >= 0.6 is 0 Å². The Morgan fingerprint density at radius 1 is 1.19 bits per heavy atom. The van der Waals surface area contributed by atoms with Crippen LogP contribution in [0.2, 0.25) is 0 Å². The maximum absolute atomic E-state index is 13.6. The topological polar surface area (TPSA) is 72.2 Å². The molecule has 0 aliphatic rings. The summed E-state index contributed by atoms with van der Waals surface area (Å²) in [6, 6.07) is 11.3. The van der Waals surface area contributed by atoms with E-state index in [1.165, 1.54) is 6.07 Å². The normalized spacial score (nSPS) is 11.5. The molecule has 4 nitrogen and oxygen atoms in total. The molecule has 0 amide bonds. The number of halogens is 1. The van der Waals surface area contributed by atoms with Gasteiger partial charge in [-0.1, -0.05) is 29.8 Å². The van der Waals surface area contributed by atoms with Gasteiger partial charge in [-0.2, -0.15) is 0 Å². The van der Waals surface area contributed by atoms with Gasteiger partial charge in [-0.25, -0.2) is 17.5 Å². The molecule has 2 rings (SSSR count). The van der Waals surface area contributed by atoms with Crippen molar-refractivity contribution in [3.63, 3.8) is 0 Å². The van der Waals surface area contributed by atoms with Crippen molar-refractivity contribution in [2.24, 2.45) is 0 Å². The molecule has 0 heterocycles. The summed E-state index contributed by atoms with van der Waals surface area (Å²) in [6.45, 7) is 2.16. The van der Waals surface area contributed by atoms with Crippen molar-refractivity contribution < 1.29 is 12.8 Å². The molecule has 0 aliphatic carbocycles. The number of nitrogen functional groups attached to an aromatic ring is 1. The summed E-state index contributed by atoms with van der Waals surface area (Å²) in [5.74, 6) is -0.813. The SMILES string of the molecule is Cc1cccc(CCNS(=O)(=O)c2cc(N)ccc2F)c1. The van der Waals surface area contributed by atoms with Gasteiger partial charge in [-0.15, -0.1) is 0 Å². The van der Waals surface area contributed by atoms with E-state index in [0.29, 0.717) is 6.42 Å². The Hall–Kier alpha value is -1.92. The monoisotopic (exact) mass is 308 g/mol. The van der Waals surface area contributed by atoms with Crippen LogP contribution in [0.3, 0.4) is 0 Å².